The molecule has 0 aromatic heterocycles. The number of aliphatic carboxylic acids is 1. The first-order valence-electron chi connectivity index (χ1n) is 5.92. The van der Waals surface area contributed by atoms with E-state index < -0.39 is 17.7 Å². The molecule has 1 saturated heterocycles. The number of carboxylic acid groups (broad SMARTS) is 1. The lowest BCUT2D eigenvalue weighted by molar-refractivity contribution is -0.147. The van der Waals surface area contributed by atoms with Crippen molar-refractivity contribution in [2.75, 3.05) is 6.54 Å². The number of rotatable bonds is 3. The molecule has 0 spiro atoms. The summed E-state index contributed by atoms with van der Waals surface area (Å²) in [5.41, 5.74) is 0.487. The van der Waals surface area contributed by atoms with Gasteiger partial charge in [-0.15, -0.1) is 0 Å². The smallest absolute Gasteiger partial charge is 0.308 e. The third kappa shape index (κ3) is 3.04. The molecule has 1 atom stereocenters. The standard InChI is InChI=1S/C13H13ClFNO3/c14-12-8(2-1-3-10(12)15)6-16-7-9(13(18)19)4-5-11(16)17/h1-3,9H,4-7H2,(H,18,19). The molecule has 0 bridgehead atoms. The molecule has 1 aromatic carbocycles. The van der Waals surface area contributed by atoms with Crippen LogP contribution in [0.1, 0.15) is 18.4 Å². The fraction of sp³-hybridized carbons (Fsp3) is 0.385. The van der Waals surface area contributed by atoms with Gasteiger partial charge in [-0.05, 0) is 18.1 Å². The van der Waals surface area contributed by atoms with E-state index in [-0.39, 0.29) is 30.4 Å². The van der Waals surface area contributed by atoms with Crippen LogP contribution in [0.15, 0.2) is 18.2 Å². The summed E-state index contributed by atoms with van der Waals surface area (Å²) >= 11 is 5.83. The van der Waals surface area contributed by atoms with Crippen LogP contribution < -0.4 is 0 Å². The zero-order valence-corrected chi connectivity index (χ0v) is 10.9. The Balaban J connectivity index is 2.14. The van der Waals surface area contributed by atoms with Gasteiger partial charge >= 0.3 is 5.97 Å². The molecule has 1 aromatic rings. The summed E-state index contributed by atoms with van der Waals surface area (Å²) in [6.07, 6.45) is 0.547. The summed E-state index contributed by atoms with van der Waals surface area (Å²) < 4.78 is 13.3. The Labute approximate surface area is 114 Å². The van der Waals surface area contributed by atoms with Crippen LogP contribution in [-0.2, 0) is 16.1 Å². The predicted octanol–water partition coefficient (Wildman–Crippen LogP) is 2.30. The van der Waals surface area contributed by atoms with Crippen LogP contribution in [0.5, 0.6) is 0 Å². The van der Waals surface area contributed by atoms with E-state index in [4.69, 9.17) is 16.7 Å². The Bertz CT molecular complexity index is 521. The third-order valence-corrected chi connectivity index (χ3v) is 3.67. The Morgan fingerprint density at radius 2 is 2.26 bits per heavy atom. The van der Waals surface area contributed by atoms with Crippen molar-refractivity contribution in [3.8, 4) is 0 Å². The van der Waals surface area contributed by atoms with Crippen LogP contribution in [0.2, 0.25) is 5.02 Å². The Morgan fingerprint density at radius 3 is 2.95 bits per heavy atom. The lowest BCUT2D eigenvalue weighted by Gasteiger charge is -2.30. The number of hydrogen-bond acceptors (Lipinski definition) is 2. The summed E-state index contributed by atoms with van der Waals surface area (Å²) in [5, 5.41) is 8.96. The van der Waals surface area contributed by atoms with Crippen LogP contribution in [0.3, 0.4) is 0 Å². The summed E-state index contributed by atoms with van der Waals surface area (Å²) in [7, 11) is 0. The Kier molecular flexibility index (Phi) is 4.04. The number of benzene rings is 1. The number of nitrogens with zero attached hydrogens (tertiary/aromatic N) is 1. The van der Waals surface area contributed by atoms with Crippen molar-refractivity contribution in [2.24, 2.45) is 5.92 Å². The first-order valence-corrected chi connectivity index (χ1v) is 6.30. The van der Waals surface area contributed by atoms with Gasteiger partial charge in [0.2, 0.25) is 5.91 Å². The average molecular weight is 286 g/mol. The van der Waals surface area contributed by atoms with E-state index in [2.05, 4.69) is 0 Å². The summed E-state index contributed by atoms with van der Waals surface area (Å²) in [4.78, 5) is 24.1. The van der Waals surface area contributed by atoms with Crippen molar-refractivity contribution in [3.63, 3.8) is 0 Å². The van der Waals surface area contributed by atoms with Crippen LogP contribution in [0.4, 0.5) is 4.39 Å². The fourth-order valence-electron chi connectivity index (χ4n) is 2.15. The second-order valence-corrected chi connectivity index (χ2v) is 4.94. The number of likely N-dealkylation sites (tertiary alicyclic amines) is 1. The molecular formula is C13H13ClFNO3. The lowest BCUT2D eigenvalue weighted by Crippen LogP contribution is -2.42. The first-order chi connectivity index (χ1) is 8.99. The highest BCUT2D eigenvalue weighted by atomic mass is 35.5. The maximum Gasteiger partial charge on any atom is 0.308 e. The number of amides is 1. The van der Waals surface area contributed by atoms with Gasteiger partial charge in [-0.2, -0.15) is 0 Å². The highest BCUT2D eigenvalue weighted by molar-refractivity contribution is 6.31. The molecule has 1 amide bonds. The third-order valence-electron chi connectivity index (χ3n) is 3.24. The van der Waals surface area contributed by atoms with Crippen molar-refractivity contribution in [2.45, 2.75) is 19.4 Å². The van der Waals surface area contributed by atoms with Gasteiger partial charge in [0, 0.05) is 19.5 Å². The Hall–Kier alpha value is -1.62. The second kappa shape index (κ2) is 5.57. The number of hydrogen-bond donors (Lipinski definition) is 1. The SMILES string of the molecule is O=C(O)C1CCC(=O)N(Cc2cccc(F)c2Cl)C1. The Morgan fingerprint density at radius 1 is 1.53 bits per heavy atom. The fourth-order valence-corrected chi connectivity index (χ4v) is 2.33. The van der Waals surface area contributed by atoms with Crippen LogP contribution in [0.25, 0.3) is 0 Å². The van der Waals surface area contributed by atoms with Crippen LogP contribution >= 0.6 is 11.6 Å². The molecule has 1 heterocycles. The van der Waals surface area contributed by atoms with E-state index in [1.54, 1.807) is 6.07 Å². The monoisotopic (exact) mass is 285 g/mol. The van der Waals surface area contributed by atoms with Gasteiger partial charge in [-0.25, -0.2) is 4.39 Å². The number of carbonyl (C=O) groups is 2. The maximum absolute atomic E-state index is 13.3. The van der Waals surface area contributed by atoms with Gasteiger partial charge in [-0.3, -0.25) is 9.59 Å². The van der Waals surface area contributed by atoms with Gasteiger partial charge < -0.3 is 10.0 Å². The summed E-state index contributed by atoms with van der Waals surface area (Å²) in [5.74, 6) is -2.15. The van der Waals surface area contributed by atoms with Crippen molar-refractivity contribution in [1.82, 2.24) is 4.90 Å². The molecule has 0 aliphatic carbocycles. The molecule has 1 aliphatic rings. The van der Waals surface area contributed by atoms with Crippen molar-refractivity contribution >= 4 is 23.5 Å². The second-order valence-electron chi connectivity index (χ2n) is 4.56. The highest BCUT2D eigenvalue weighted by Crippen LogP contribution is 2.24. The highest BCUT2D eigenvalue weighted by Gasteiger charge is 2.30. The maximum atomic E-state index is 13.3. The predicted molar refractivity (Wildman–Crippen MR) is 67.2 cm³/mol. The van der Waals surface area contributed by atoms with E-state index in [1.807, 2.05) is 0 Å². The molecule has 102 valence electrons. The van der Waals surface area contributed by atoms with Crippen LogP contribution in [0, 0.1) is 11.7 Å². The van der Waals surface area contributed by atoms with Crippen molar-refractivity contribution < 1.29 is 19.1 Å². The largest absolute Gasteiger partial charge is 0.481 e. The molecule has 6 heteroatoms. The van der Waals surface area contributed by atoms with E-state index in [0.717, 1.165) is 0 Å². The van der Waals surface area contributed by atoms with E-state index in [1.165, 1.54) is 17.0 Å². The van der Waals surface area contributed by atoms with E-state index in [0.29, 0.717) is 12.0 Å². The van der Waals surface area contributed by atoms with E-state index >= 15 is 0 Å². The van der Waals surface area contributed by atoms with E-state index in [9.17, 15) is 14.0 Å². The van der Waals surface area contributed by atoms with Gasteiger partial charge in [0.15, 0.2) is 0 Å². The topological polar surface area (TPSA) is 57.6 Å². The molecule has 1 fully saturated rings. The molecular weight excluding hydrogens is 273 g/mol. The zero-order chi connectivity index (χ0) is 14.0. The summed E-state index contributed by atoms with van der Waals surface area (Å²) in [6, 6.07) is 4.38. The normalized spacial score (nSPS) is 19.6. The molecule has 19 heavy (non-hydrogen) atoms. The lowest BCUT2D eigenvalue weighted by atomic mass is 9.97. The number of carbonyl (C=O) groups excluding carboxylic acids is 1. The molecule has 1 N–H and O–H groups in total. The zero-order valence-electron chi connectivity index (χ0n) is 10.1. The molecule has 0 radical (unpaired) electrons. The first kappa shape index (κ1) is 13.8. The molecule has 2 rings (SSSR count). The minimum Gasteiger partial charge on any atom is -0.481 e. The average Bonchev–Trinajstić information content (AvgIpc) is 2.37. The minimum absolute atomic E-state index is 0.0206. The molecule has 1 unspecified atom stereocenters. The van der Waals surface area contributed by atoms with Gasteiger partial charge in [0.05, 0.1) is 10.9 Å². The molecule has 1 aliphatic heterocycles. The van der Waals surface area contributed by atoms with Crippen molar-refractivity contribution in [1.29, 1.82) is 0 Å². The van der Waals surface area contributed by atoms with Crippen LogP contribution in [-0.4, -0.2) is 28.4 Å². The molecule has 0 saturated carbocycles. The van der Waals surface area contributed by atoms with Crippen molar-refractivity contribution in [3.05, 3.63) is 34.6 Å². The molecule has 4 nitrogen and oxygen atoms in total. The van der Waals surface area contributed by atoms with Gasteiger partial charge in [-0.1, -0.05) is 23.7 Å². The number of halogens is 2. The summed E-state index contributed by atoms with van der Waals surface area (Å²) in [6.45, 7) is 0.278. The van der Waals surface area contributed by atoms with Gasteiger partial charge in [0.1, 0.15) is 5.82 Å². The van der Waals surface area contributed by atoms with Gasteiger partial charge in [0.25, 0.3) is 0 Å². The number of carboxylic acids is 1. The quantitative estimate of drug-likeness (QED) is 0.927. The minimum atomic E-state index is -0.914. The number of piperidine rings is 1.